The first-order chi connectivity index (χ1) is 12.4. The van der Waals surface area contributed by atoms with Gasteiger partial charge in [-0.25, -0.2) is 0 Å². The molecule has 1 heterocycles. The molecule has 10 heteroatoms. The standard InChI is InChI=1S/C5H5N.2C4H8N2O2.C4H9.Co/c1-2-4-6-5-3-1;2*1-3(5-7)4(2)6-8;1-3-4-2;/h1-5H;2*7-8H,1-2H3;3H,4H2,1-2H3;/q;;;-1;/b;2*5-3+,6-4+;;. The average Bonchev–Trinajstić information content (AvgIpc) is 2.73. The molecule has 27 heavy (non-hydrogen) atoms. The van der Waals surface area contributed by atoms with E-state index in [2.05, 4.69) is 45.9 Å². The minimum absolute atomic E-state index is 0. The molecule has 1 aromatic rings. The van der Waals surface area contributed by atoms with Crippen molar-refractivity contribution in [3.8, 4) is 0 Å². The van der Waals surface area contributed by atoms with E-state index in [1.807, 2.05) is 18.2 Å². The Morgan fingerprint density at radius 2 is 1.00 bits per heavy atom. The summed E-state index contributed by atoms with van der Waals surface area (Å²) in [6.07, 6.45) is 6.82. The van der Waals surface area contributed by atoms with Crippen molar-refractivity contribution in [3.05, 3.63) is 37.0 Å². The largest absolute Gasteiger partial charge is 0.411 e. The Bertz CT molecular complexity index is 457. The van der Waals surface area contributed by atoms with Gasteiger partial charge in [0.15, 0.2) is 0 Å². The molecule has 0 spiro atoms. The summed E-state index contributed by atoms with van der Waals surface area (Å²) >= 11 is 0. The molecule has 0 amide bonds. The summed E-state index contributed by atoms with van der Waals surface area (Å²) in [4.78, 5) is 3.78. The van der Waals surface area contributed by atoms with Crippen LogP contribution in [0, 0.1) is 6.42 Å². The van der Waals surface area contributed by atoms with Gasteiger partial charge in [0, 0.05) is 29.2 Å². The van der Waals surface area contributed by atoms with Gasteiger partial charge in [0.1, 0.15) is 22.8 Å². The van der Waals surface area contributed by atoms with Gasteiger partial charge in [0.05, 0.1) is 0 Å². The fourth-order valence-electron chi connectivity index (χ4n) is 0.602. The topological polar surface area (TPSA) is 143 Å². The molecule has 0 saturated carbocycles. The summed E-state index contributed by atoms with van der Waals surface area (Å²) in [5, 5.41) is 43.3. The van der Waals surface area contributed by atoms with Gasteiger partial charge in [-0.05, 0) is 39.8 Å². The van der Waals surface area contributed by atoms with Crippen LogP contribution in [-0.4, -0.2) is 48.7 Å². The first-order valence-electron chi connectivity index (χ1n) is 7.74. The molecular formula is C17H30CoN5O4-. The smallest absolute Gasteiger partial charge is 0.101 e. The minimum atomic E-state index is 0. The third-order valence-corrected chi connectivity index (χ3v) is 2.62. The van der Waals surface area contributed by atoms with E-state index in [4.69, 9.17) is 20.8 Å². The van der Waals surface area contributed by atoms with E-state index in [1.165, 1.54) is 34.1 Å². The van der Waals surface area contributed by atoms with Crippen molar-refractivity contribution in [1.82, 2.24) is 4.98 Å². The van der Waals surface area contributed by atoms with E-state index in [9.17, 15) is 0 Å². The summed E-state index contributed by atoms with van der Waals surface area (Å²) in [5.74, 6) is 0. The van der Waals surface area contributed by atoms with E-state index in [0.29, 0.717) is 22.8 Å². The van der Waals surface area contributed by atoms with Crippen LogP contribution in [-0.2, 0) is 16.8 Å². The number of hydrogen-bond donors (Lipinski definition) is 4. The number of unbranched alkanes of at least 4 members (excludes halogenated alkanes) is 1. The van der Waals surface area contributed by atoms with Crippen molar-refractivity contribution in [3.63, 3.8) is 0 Å². The van der Waals surface area contributed by atoms with Gasteiger partial charge >= 0.3 is 0 Å². The SMILES string of the molecule is CC(=N\O)/C(C)=N/O.CC(=N\O)/C(C)=N/O.C[CH-]CC.[Co].c1ccncc1. The molecule has 0 aliphatic rings. The maximum Gasteiger partial charge on any atom is 0.101 e. The van der Waals surface area contributed by atoms with Gasteiger partial charge in [0.25, 0.3) is 0 Å². The number of oxime groups is 4. The zero-order valence-corrected chi connectivity index (χ0v) is 17.6. The molecule has 0 aliphatic carbocycles. The number of rotatable bonds is 3. The zero-order valence-electron chi connectivity index (χ0n) is 16.5. The molecule has 0 aliphatic heterocycles. The normalized spacial score (nSPS) is 11.3. The summed E-state index contributed by atoms with van der Waals surface area (Å²) < 4.78 is 0. The Balaban J connectivity index is -0.000000133. The van der Waals surface area contributed by atoms with E-state index in [0.717, 1.165) is 0 Å². The number of pyridine rings is 1. The second-order valence-corrected chi connectivity index (χ2v) is 4.58. The molecule has 0 unspecified atom stereocenters. The third-order valence-electron chi connectivity index (χ3n) is 2.62. The van der Waals surface area contributed by atoms with E-state index in [1.54, 1.807) is 12.4 Å². The van der Waals surface area contributed by atoms with Crippen molar-refractivity contribution in [2.75, 3.05) is 0 Å². The number of nitrogens with zero attached hydrogens (tertiary/aromatic N) is 5. The molecule has 4 N–H and O–H groups in total. The summed E-state index contributed by atoms with van der Waals surface area (Å²) in [6.45, 7) is 10.3. The van der Waals surface area contributed by atoms with Gasteiger partial charge in [-0.1, -0.05) is 33.6 Å². The van der Waals surface area contributed by atoms with Crippen LogP contribution in [0.2, 0.25) is 0 Å². The Morgan fingerprint density at radius 1 is 0.741 bits per heavy atom. The number of aromatic nitrogens is 1. The van der Waals surface area contributed by atoms with Crippen LogP contribution < -0.4 is 0 Å². The number of hydrogen-bond acceptors (Lipinski definition) is 9. The second-order valence-electron chi connectivity index (χ2n) is 4.58. The zero-order chi connectivity index (χ0) is 20.8. The van der Waals surface area contributed by atoms with Crippen LogP contribution >= 0.6 is 0 Å². The molecule has 0 bridgehead atoms. The first kappa shape index (κ1) is 32.2. The Morgan fingerprint density at radius 3 is 1.07 bits per heavy atom. The van der Waals surface area contributed by atoms with Gasteiger partial charge in [-0.2, -0.15) is 13.3 Å². The fraction of sp³-hybridized carbons (Fsp3) is 0.412. The molecule has 0 atom stereocenters. The third kappa shape index (κ3) is 25.9. The second kappa shape index (κ2) is 25.8. The van der Waals surface area contributed by atoms with Crippen LogP contribution in [0.4, 0.5) is 0 Å². The quantitative estimate of drug-likeness (QED) is 0.249. The Hall–Kier alpha value is -2.46. The van der Waals surface area contributed by atoms with Crippen molar-refractivity contribution < 1.29 is 37.6 Å². The van der Waals surface area contributed by atoms with Crippen molar-refractivity contribution in [1.29, 1.82) is 0 Å². The molecule has 0 aromatic carbocycles. The average molecular weight is 427 g/mol. The Labute approximate surface area is 171 Å². The van der Waals surface area contributed by atoms with Crippen LogP contribution in [0.5, 0.6) is 0 Å². The molecule has 9 nitrogen and oxygen atoms in total. The summed E-state index contributed by atoms with van der Waals surface area (Å²) in [6, 6.07) is 5.72. The monoisotopic (exact) mass is 427 g/mol. The van der Waals surface area contributed by atoms with Crippen LogP contribution in [0.1, 0.15) is 48.0 Å². The van der Waals surface area contributed by atoms with Crippen LogP contribution in [0.3, 0.4) is 0 Å². The predicted molar refractivity (Wildman–Crippen MR) is 104 cm³/mol. The summed E-state index contributed by atoms with van der Waals surface area (Å²) in [7, 11) is 0. The maximum atomic E-state index is 8.03. The molecule has 1 rings (SSSR count). The van der Waals surface area contributed by atoms with E-state index >= 15 is 0 Å². The molecule has 157 valence electrons. The van der Waals surface area contributed by atoms with Crippen molar-refractivity contribution in [2.24, 2.45) is 20.6 Å². The molecule has 0 saturated heterocycles. The predicted octanol–water partition coefficient (Wildman–Crippen LogP) is 4.07. The maximum absolute atomic E-state index is 8.03. The molecule has 1 aromatic heterocycles. The van der Waals surface area contributed by atoms with Crippen LogP contribution in [0.25, 0.3) is 0 Å². The van der Waals surface area contributed by atoms with E-state index in [-0.39, 0.29) is 16.8 Å². The first-order valence-corrected chi connectivity index (χ1v) is 7.74. The van der Waals surface area contributed by atoms with Crippen molar-refractivity contribution in [2.45, 2.75) is 48.0 Å². The van der Waals surface area contributed by atoms with Crippen molar-refractivity contribution >= 4 is 22.8 Å². The molecule has 0 fully saturated rings. The Kier molecular flexibility index (Phi) is 30.8. The van der Waals surface area contributed by atoms with Gasteiger partial charge in [-0.15, -0.1) is 0 Å². The molecule has 1 radical (unpaired) electrons. The molecular weight excluding hydrogens is 397 g/mol. The fourth-order valence-corrected chi connectivity index (χ4v) is 0.602. The van der Waals surface area contributed by atoms with Gasteiger partial charge < -0.3 is 27.2 Å². The van der Waals surface area contributed by atoms with Crippen LogP contribution in [0.15, 0.2) is 51.2 Å². The summed E-state index contributed by atoms with van der Waals surface area (Å²) in [5.41, 5.74) is 1.25. The van der Waals surface area contributed by atoms with E-state index < -0.39 is 0 Å². The van der Waals surface area contributed by atoms with Gasteiger partial charge in [0.2, 0.25) is 0 Å². The minimum Gasteiger partial charge on any atom is -0.411 e. The van der Waals surface area contributed by atoms with Gasteiger partial charge in [-0.3, -0.25) is 4.98 Å².